The molecule has 8 heteroatoms. The van der Waals surface area contributed by atoms with Crippen LogP contribution in [0.5, 0.6) is 11.5 Å². The minimum atomic E-state index is -1.18. The third-order valence-electron chi connectivity index (χ3n) is 3.71. The lowest BCUT2D eigenvalue weighted by atomic mass is 10.0. The molecule has 0 unspecified atom stereocenters. The Hall–Kier alpha value is -3.13. The van der Waals surface area contributed by atoms with Crippen molar-refractivity contribution in [2.45, 2.75) is 13.3 Å². The van der Waals surface area contributed by atoms with E-state index in [2.05, 4.69) is 15.8 Å². The van der Waals surface area contributed by atoms with Gasteiger partial charge in [-0.1, -0.05) is 0 Å². The summed E-state index contributed by atoms with van der Waals surface area (Å²) >= 11 is 5.22. The molecule has 27 heavy (non-hydrogen) atoms. The van der Waals surface area contributed by atoms with Gasteiger partial charge in [0, 0.05) is 23.6 Å². The Balaban J connectivity index is 2.05. The Labute approximate surface area is 163 Å². The van der Waals surface area contributed by atoms with Gasteiger partial charge in [0.05, 0.1) is 19.9 Å². The SMILES string of the molecule is COc1ccc(NC(=S)N/N=C(/C)c2ccc(OC)c(CC(=O)[O-])c2)cc1. The molecule has 0 saturated heterocycles. The molecule has 2 rings (SSSR count). The zero-order valence-corrected chi connectivity index (χ0v) is 16.1. The van der Waals surface area contributed by atoms with E-state index in [1.165, 1.54) is 7.11 Å². The van der Waals surface area contributed by atoms with Crippen molar-refractivity contribution in [2.24, 2.45) is 5.10 Å². The van der Waals surface area contributed by atoms with Gasteiger partial charge in [-0.15, -0.1) is 0 Å². The number of carbonyl (C=O) groups excluding carboxylic acids is 1. The largest absolute Gasteiger partial charge is 0.550 e. The monoisotopic (exact) mass is 386 g/mol. The van der Waals surface area contributed by atoms with E-state index in [0.29, 0.717) is 22.1 Å². The van der Waals surface area contributed by atoms with Crippen LogP contribution in [0.4, 0.5) is 5.69 Å². The zero-order chi connectivity index (χ0) is 19.8. The van der Waals surface area contributed by atoms with Crippen molar-refractivity contribution >= 4 is 34.7 Å². The maximum atomic E-state index is 10.9. The molecular weight excluding hydrogens is 366 g/mol. The lowest BCUT2D eigenvalue weighted by molar-refractivity contribution is -0.304. The van der Waals surface area contributed by atoms with Gasteiger partial charge in [-0.25, -0.2) is 0 Å². The first-order chi connectivity index (χ1) is 12.9. The molecule has 0 radical (unpaired) electrons. The van der Waals surface area contributed by atoms with Gasteiger partial charge < -0.3 is 24.7 Å². The Morgan fingerprint density at radius 1 is 1.15 bits per heavy atom. The van der Waals surface area contributed by atoms with Crippen LogP contribution < -0.4 is 25.3 Å². The number of methoxy groups -OCH3 is 2. The van der Waals surface area contributed by atoms with E-state index in [0.717, 1.165) is 17.0 Å². The van der Waals surface area contributed by atoms with E-state index < -0.39 is 5.97 Å². The fourth-order valence-corrected chi connectivity index (χ4v) is 2.49. The number of benzene rings is 2. The maximum absolute atomic E-state index is 10.9. The summed E-state index contributed by atoms with van der Waals surface area (Å²) in [6.45, 7) is 1.79. The van der Waals surface area contributed by atoms with Gasteiger partial charge in [-0.2, -0.15) is 5.10 Å². The van der Waals surface area contributed by atoms with Crippen LogP contribution in [0.3, 0.4) is 0 Å². The topological polar surface area (TPSA) is 95.0 Å². The summed E-state index contributed by atoms with van der Waals surface area (Å²) in [6.07, 6.45) is -0.241. The second kappa shape index (κ2) is 9.54. The molecule has 0 aliphatic rings. The minimum absolute atomic E-state index is 0.241. The molecule has 0 fully saturated rings. The predicted molar refractivity (Wildman–Crippen MR) is 106 cm³/mol. The fourth-order valence-electron chi connectivity index (χ4n) is 2.33. The number of ether oxygens (including phenoxy) is 2. The van der Waals surface area contributed by atoms with E-state index >= 15 is 0 Å². The highest BCUT2D eigenvalue weighted by Crippen LogP contribution is 2.21. The van der Waals surface area contributed by atoms with Crippen LogP contribution in [0.2, 0.25) is 0 Å². The highest BCUT2D eigenvalue weighted by atomic mass is 32.1. The van der Waals surface area contributed by atoms with Gasteiger partial charge >= 0.3 is 0 Å². The van der Waals surface area contributed by atoms with Crippen molar-refractivity contribution in [3.8, 4) is 11.5 Å². The minimum Gasteiger partial charge on any atom is -0.550 e. The van der Waals surface area contributed by atoms with E-state index in [1.54, 1.807) is 32.2 Å². The summed E-state index contributed by atoms with van der Waals surface area (Å²) in [7, 11) is 3.09. The van der Waals surface area contributed by atoms with E-state index in [-0.39, 0.29) is 6.42 Å². The van der Waals surface area contributed by atoms with Gasteiger partial charge in [0.15, 0.2) is 5.11 Å². The number of hydrogen-bond acceptors (Lipinski definition) is 6. The molecule has 2 aromatic rings. The Morgan fingerprint density at radius 2 is 1.85 bits per heavy atom. The van der Waals surface area contributed by atoms with Crippen molar-refractivity contribution in [3.63, 3.8) is 0 Å². The summed E-state index contributed by atoms with van der Waals surface area (Å²) in [4.78, 5) is 10.9. The lowest BCUT2D eigenvalue weighted by Gasteiger charge is -2.12. The predicted octanol–water partition coefficient (Wildman–Crippen LogP) is 1.71. The van der Waals surface area contributed by atoms with E-state index in [9.17, 15) is 9.90 Å². The number of thiocarbonyl (C=S) groups is 1. The van der Waals surface area contributed by atoms with Crippen LogP contribution in [0.15, 0.2) is 47.6 Å². The number of carboxylic acids is 1. The molecule has 0 atom stereocenters. The first-order valence-electron chi connectivity index (χ1n) is 8.05. The van der Waals surface area contributed by atoms with E-state index in [1.807, 2.05) is 24.3 Å². The fraction of sp³-hybridized carbons (Fsp3) is 0.211. The maximum Gasteiger partial charge on any atom is 0.191 e. The number of nitrogens with zero attached hydrogens (tertiary/aromatic N) is 1. The van der Waals surface area contributed by atoms with Crippen LogP contribution in [0, 0.1) is 0 Å². The van der Waals surface area contributed by atoms with Crippen LogP contribution in [0.1, 0.15) is 18.1 Å². The summed E-state index contributed by atoms with van der Waals surface area (Å²) < 4.78 is 10.3. The highest BCUT2D eigenvalue weighted by Gasteiger charge is 2.07. The Bertz CT molecular complexity index is 851. The number of anilines is 1. The zero-order valence-electron chi connectivity index (χ0n) is 15.2. The molecule has 0 bridgehead atoms. The van der Waals surface area contributed by atoms with Gasteiger partial charge in [-0.05, 0) is 67.2 Å². The van der Waals surface area contributed by atoms with Crippen molar-refractivity contribution < 1.29 is 19.4 Å². The number of rotatable bonds is 7. The molecule has 0 spiro atoms. The van der Waals surface area contributed by atoms with Crippen molar-refractivity contribution in [1.29, 1.82) is 0 Å². The molecule has 0 amide bonds. The van der Waals surface area contributed by atoms with Crippen LogP contribution in [-0.4, -0.2) is 31.0 Å². The first kappa shape index (κ1) is 20.2. The number of aliphatic carboxylic acids is 1. The molecule has 0 aromatic heterocycles. The molecule has 0 aliphatic heterocycles. The second-order valence-electron chi connectivity index (χ2n) is 5.57. The van der Waals surface area contributed by atoms with Crippen LogP contribution in [-0.2, 0) is 11.2 Å². The Morgan fingerprint density at radius 3 is 2.44 bits per heavy atom. The summed E-state index contributed by atoms with van der Waals surface area (Å²) in [5.41, 5.74) is 5.45. The van der Waals surface area contributed by atoms with Crippen LogP contribution in [0.25, 0.3) is 0 Å². The molecular formula is C19H20N3O4S-. The quantitative estimate of drug-likeness (QED) is 0.425. The molecule has 0 aliphatic carbocycles. The summed E-state index contributed by atoms with van der Waals surface area (Å²) in [5.74, 6) is 0.0589. The smallest absolute Gasteiger partial charge is 0.191 e. The third-order valence-corrected chi connectivity index (χ3v) is 3.90. The first-order valence-corrected chi connectivity index (χ1v) is 8.46. The van der Waals surface area contributed by atoms with Gasteiger partial charge in [-0.3, -0.25) is 5.43 Å². The highest BCUT2D eigenvalue weighted by molar-refractivity contribution is 7.80. The van der Waals surface area contributed by atoms with Crippen LogP contribution >= 0.6 is 12.2 Å². The van der Waals surface area contributed by atoms with E-state index in [4.69, 9.17) is 21.7 Å². The standard InChI is InChI=1S/C19H21N3O4S/c1-12(13-4-9-17(26-3)14(10-13)11-18(23)24)21-22-19(27)20-15-5-7-16(25-2)8-6-15/h4-10H,11H2,1-3H3,(H,23,24)(H2,20,22,27)/p-1/b21-12-. The molecule has 0 heterocycles. The average molecular weight is 386 g/mol. The van der Waals surface area contributed by atoms with Gasteiger partial charge in [0.1, 0.15) is 11.5 Å². The number of carbonyl (C=O) groups is 1. The second-order valence-corrected chi connectivity index (χ2v) is 5.98. The molecule has 142 valence electrons. The molecule has 7 nitrogen and oxygen atoms in total. The number of carboxylic acid groups (broad SMARTS) is 1. The number of hydrazone groups is 1. The number of nitrogens with one attached hydrogen (secondary N) is 2. The normalized spacial score (nSPS) is 10.9. The molecule has 2 N–H and O–H groups in total. The molecule has 0 saturated carbocycles. The molecule has 2 aromatic carbocycles. The summed E-state index contributed by atoms with van der Waals surface area (Å²) in [6, 6.07) is 12.5. The Kier molecular flexibility index (Phi) is 7.13. The van der Waals surface area contributed by atoms with Gasteiger partial charge in [0.2, 0.25) is 0 Å². The average Bonchev–Trinajstić information content (AvgIpc) is 2.66. The van der Waals surface area contributed by atoms with Crippen molar-refractivity contribution in [1.82, 2.24) is 5.43 Å². The lowest BCUT2D eigenvalue weighted by Crippen LogP contribution is -2.25. The van der Waals surface area contributed by atoms with Gasteiger partial charge in [0.25, 0.3) is 0 Å². The third kappa shape index (κ3) is 5.96. The number of hydrogen-bond donors (Lipinski definition) is 2. The van der Waals surface area contributed by atoms with Crippen molar-refractivity contribution in [3.05, 3.63) is 53.6 Å². The summed E-state index contributed by atoms with van der Waals surface area (Å²) in [5, 5.41) is 18.5. The van der Waals surface area contributed by atoms with Crippen molar-refractivity contribution in [2.75, 3.05) is 19.5 Å².